The van der Waals surface area contributed by atoms with Crippen LogP contribution in [0.2, 0.25) is 0 Å². The number of hydrogen-bond acceptors (Lipinski definition) is 6. The van der Waals surface area contributed by atoms with Crippen LogP contribution in [0.15, 0.2) is 35.8 Å². The Labute approximate surface area is 144 Å². The Morgan fingerprint density at radius 2 is 2.04 bits per heavy atom. The molecule has 2 atom stereocenters. The molecule has 2 aromatic rings. The van der Waals surface area contributed by atoms with Crippen LogP contribution in [0.1, 0.15) is 25.8 Å². The molecule has 0 aliphatic heterocycles. The van der Waals surface area contributed by atoms with Crippen molar-refractivity contribution in [3.8, 4) is 0 Å². The van der Waals surface area contributed by atoms with E-state index >= 15 is 0 Å². The monoisotopic (exact) mass is 348 g/mol. The minimum absolute atomic E-state index is 0.0535. The molecule has 2 N–H and O–H groups in total. The summed E-state index contributed by atoms with van der Waals surface area (Å²) in [7, 11) is 0. The molecule has 0 aliphatic carbocycles. The Kier molecular flexibility index (Phi) is 6.68. The summed E-state index contributed by atoms with van der Waals surface area (Å²) in [5.74, 6) is -0.389. The summed E-state index contributed by atoms with van der Waals surface area (Å²) in [6, 6.07) is 8.65. The first kappa shape index (κ1) is 17.9. The highest BCUT2D eigenvalue weighted by Gasteiger charge is 2.27. The van der Waals surface area contributed by atoms with Gasteiger partial charge in [-0.15, -0.1) is 10.2 Å². The van der Waals surface area contributed by atoms with Crippen LogP contribution < -0.4 is 10.6 Å². The Hall–Kier alpha value is -2.48. The Morgan fingerprint density at radius 1 is 1.29 bits per heavy atom. The van der Waals surface area contributed by atoms with E-state index in [2.05, 4.69) is 20.8 Å². The minimum Gasteiger partial charge on any atom is -0.445 e. The highest BCUT2D eigenvalue weighted by Crippen LogP contribution is 2.13. The van der Waals surface area contributed by atoms with Crippen molar-refractivity contribution >= 4 is 28.5 Å². The number of nitrogens with one attached hydrogen (secondary N) is 2. The predicted octanol–water partition coefficient (Wildman–Crippen LogP) is 2.82. The molecular formula is C16H20N4O3S. The van der Waals surface area contributed by atoms with Crippen molar-refractivity contribution in [2.45, 2.75) is 32.9 Å². The fourth-order valence-corrected chi connectivity index (χ4v) is 2.45. The van der Waals surface area contributed by atoms with Crippen molar-refractivity contribution in [2.75, 3.05) is 5.32 Å². The van der Waals surface area contributed by atoms with Gasteiger partial charge in [0.25, 0.3) is 0 Å². The molecule has 24 heavy (non-hydrogen) atoms. The lowest BCUT2D eigenvalue weighted by Crippen LogP contribution is -2.47. The van der Waals surface area contributed by atoms with Crippen molar-refractivity contribution in [1.29, 1.82) is 0 Å². The highest BCUT2D eigenvalue weighted by molar-refractivity contribution is 7.13. The van der Waals surface area contributed by atoms with Crippen LogP contribution in [0.5, 0.6) is 0 Å². The smallest absolute Gasteiger partial charge is 0.408 e. The maximum Gasteiger partial charge on any atom is 0.408 e. The second-order valence-corrected chi connectivity index (χ2v) is 6.14. The largest absolute Gasteiger partial charge is 0.445 e. The van der Waals surface area contributed by atoms with E-state index in [1.165, 1.54) is 16.8 Å². The van der Waals surface area contributed by atoms with Gasteiger partial charge in [-0.25, -0.2) is 4.79 Å². The second kappa shape index (κ2) is 8.97. The van der Waals surface area contributed by atoms with E-state index in [0.29, 0.717) is 5.13 Å². The molecule has 0 fully saturated rings. The van der Waals surface area contributed by atoms with Gasteiger partial charge in [0.15, 0.2) is 0 Å². The van der Waals surface area contributed by atoms with Gasteiger partial charge in [-0.3, -0.25) is 10.1 Å². The third-order valence-corrected chi connectivity index (χ3v) is 4.18. The SMILES string of the molecule is CCC(C)C(NC(=O)OCc1ccccc1)C(=O)Nc1nncs1. The van der Waals surface area contributed by atoms with Gasteiger partial charge in [0.05, 0.1) is 0 Å². The number of benzene rings is 1. The van der Waals surface area contributed by atoms with E-state index < -0.39 is 12.1 Å². The first-order chi connectivity index (χ1) is 11.6. The Balaban J connectivity index is 1.92. The number of ether oxygens (including phenoxy) is 1. The number of amides is 2. The molecule has 2 amide bonds. The zero-order valence-electron chi connectivity index (χ0n) is 13.6. The average Bonchev–Trinajstić information content (AvgIpc) is 3.11. The van der Waals surface area contributed by atoms with E-state index in [0.717, 1.165) is 12.0 Å². The number of rotatable bonds is 7. The molecule has 8 heteroatoms. The van der Waals surface area contributed by atoms with E-state index in [9.17, 15) is 9.59 Å². The zero-order valence-corrected chi connectivity index (χ0v) is 14.4. The fraction of sp³-hybridized carbons (Fsp3) is 0.375. The summed E-state index contributed by atoms with van der Waals surface area (Å²) in [5, 5.41) is 13.1. The van der Waals surface area contributed by atoms with Crippen LogP contribution in [0.4, 0.5) is 9.93 Å². The molecule has 0 aliphatic rings. The Bertz CT molecular complexity index is 649. The molecular weight excluding hydrogens is 328 g/mol. The van der Waals surface area contributed by atoms with Gasteiger partial charge in [-0.2, -0.15) is 0 Å². The molecule has 1 heterocycles. The summed E-state index contributed by atoms with van der Waals surface area (Å²) >= 11 is 1.22. The summed E-state index contributed by atoms with van der Waals surface area (Å²) in [6.45, 7) is 3.99. The molecule has 1 aromatic heterocycles. The quantitative estimate of drug-likeness (QED) is 0.802. The maximum atomic E-state index is 12.4. The van der Waals surface area contributed by atoms with Gasteiger partial charge in [0.1, 0.15) is 18.2 Å². The summed E-state index contributed by atoms with van der Waals surface area (Å²) in [5.41, 5.74) is 2.40. The molecule has 0 saturated heterocycles. The van der Waals surface area contributed by atoms with Crippen molar-refractivity contribution in [3.63, 3.8) is 0 Å². The van der Waals surface area contributed by atoms with E-state index in [-0.39, 0.29) is 18.4 Å². The number of hydrogen-bond donors (Lipinski definition) is 2. The average molecular weight is 348 g/mol. The molecule has 0 spiro atoms. The van der Waals surface area contributed by atoms with Crippen molar-refractivity contribution in [3.05, 3.63) is 41.4 Å². The molecule has 2 rings (SSSR count). The van der Waals surface area contributed by atoms with Gasteiger partial charge < -0.3 is 10.1 Å². The topological polar surface area (TPSA) is 93.2 Å². The number of alkyl carbamates (subject to hydrolysis) is 1. The summed E-state index contributed by atoms with van der Waals surface area (Å²) in [4.78, 5) is 24.4. The molecule has 1 aromatic carbocycles. The lowest BCUT2D eigenvalue weighted by molar-refractivity contribution is -0.119. The van der Waals surface area contributed by atoms with Crippen molar-refractivity contribution in [1.82, 2.24) is 15.5 Å². The van der Waals surface area contributed by atoms with Crippen molar-refractivity contribution < 1.29 is 14.3 Å². The first-order valence-electron chi connectivity index (χ1n) is 7.64. The number of carbonyl (C=O) groups excluding carboxylic acids is 2. The predicted molar refractivity (Wildman–Crippen MR) is 91.5 cm³/mol. The minimum atomic E-state index is -0.706. The van der Waals surface area contributed by atoms with Crippen molar-refractivity contribution in [2.24, 2.45) is 5.92 Å². The highest BCUT2D eigenvalue weighted by atomic mass is 32.1. The van der Waals surface area contributed by atoms with Gasteiger partial charge in [-0.05, 0) is 11.5 Å². The molecule has 128 valence electrons. The normalized spacial score (nSPS) is 12.9. The first-order valence-corrected chi connectivity index (χ1v) is 8.52. The third kappa shape index (κ3) is 5.31. The molecule has 2 unspecified atom stereocenters. The van der Waals surface area contributed by atoms with Crippen LogP contribution >= 0.6 is 11.3 Å². The van der Waals surface area contributed by atoms with E-state index in [1.54, 1.807) is 0 Å². The molecule has 7 nitrogen and oxygen atoms in total. The summed E-state index contributed by atoms with van der Waals surface area (Å²) in [6.07, 6.45) is 0.101. The van der Waals surface area contributed by atoms with Gasteiger partial charge in [-0.1, -0.05) is 61.9 Å². The lowest BCUT2D eigenvalue weighted by Gasteiger charge is -2.22. The van der Waals surface area contributed by atoms with E-state index in [4.69, 9.17) is 4.74 Å². The lowest BCUT2D eigenvalue weighted by atomic mass is 9.98. The van der Waals surface area contributed by atoms with Crippen LogP contribution in [-0.4, -0.2) is 28.2 Å². The number of carbonyl (C=O) groups is 2. The summed E-state index contributed by atoms with van der Waals surface area (Å²) < 4.78 is 5.18. The van der Waals surface area contributed by atoms with E-state index in [1.807, 2.05) is 44.2 Å². The zero-order chi connectivity index (χ0) is 17.4. The number of nitrogens with zero attached hydrogens (tertiary/aromatic N) is 2. The van der Waals surface area contributed by atoms with Gasteiger partial charge in [0, 0.05) is 0 Å². The number of aromatic nitrogens is 2. The fourth-order valence-electron chi connectivity index (χ4n) is 2.00. The maximum absolute atomic E-state index is 12.4. The number of anilines is 1. The van der Waals surface area contributed by atoms with Crippen LogP contribution in [0.3, 0.4) is 0 Å². The van der Waals surface area contributed by atoms with Gasteiger partial charge in [0.2, 0.25) is 11.0 Å². The van der Waals surface area contributed by atoms with Crippen LogP contribution in [-0.2, 0) is 16.1 Å². The van der Waals surface area contributed by atoms with Gasteiger partial charge >= 0.3 is 6.09 Å². The van der Waals surface area contributed by atoms with Crippen LogP contribution in [0, 0.1) is 5.92 Å². The molecule has 0 bridgehead atoms. The Morgan fingerprint density at radius 3 is 2.67 bits per heavy atom. The molecule has 0 saturated carbocycles. The molecule has 0 radical (unpaired) electrons. The second-order valence-electron chi connectivity index (χ2n) is 5.30. The van der Waals surface area contributed by atoms with Crippen LogP contribution in [0.25, 0.3) is 0 Å². The third-order valence-electron chi connectivity index (χ3n) is 3.57. The standard InChI is InChI=1S/C16H20N4O3S/c1-3-11(2)13(14(21)19-15-20-17-10-24-15)18-16(22)23-9-12-7-5-4-6-8-12/h4-8,10-11,13H,3,9H2,1-2H3,(H,18,22)(H,19,20,21).